The zero-order chi connectivity index (χ0) is 17.7. The van der Waals surface area contributed by atoms with E-state index in [-0.39, 0.29) is 28.6 Å². The van der Waals surface area contributed by atoms with Gasteiger partial charge in [-0.25, -0.2) is 13.2 Å². The molecule has 0 amide bonds. The minimum Gasteiger partial charge on any atom is -0.462 e. The molecule has 0 fully saturated rings. The first-order valence-corrected chi connectivity index (χ1v) is 9.84. The van der Waals surface area contributed by atoms with Gasteiger partial charge in [0.1, 0.15) is 0 Å². The molecular formula is C16H15BrClNO4S. The number of sulfonamides is 1. The normalized spacial score (nSPS) is 11.1. The lowest BCUT2D eigenvalue weighted by Crippen LogP contribution is -2.15. The van der Waals surface area contributed by atoms with Crippen LogP contribution in [-0.2, 0) is 20.5 Å². The van der Waals surface area contributed by atoms with Gasteiger partial charge in [0.15, 0.2) is 0 Å². The Balaban J connectivity index is 2.13. The van der Waals surface area contributed by atoms with Crippen LogP contribution in [0, 0.1) is 0 Å². The fourth-order valence-electron chi connectivity index (χ4n) is 1.97. The maximum Gasteiger partial charge on any atom is 0.339 e. The summed E-state index contributed by atoms with van der Waals surface area (Å²) < 4.78 is 32.6. The monoisotopic (exact) mass is 431 g/mol. The maximum atomic E-state index is 12.2. The van der Waals surface area contributed by atoms with Crippen molar-refractivity contribution in [2.75, 3.05) is 11.3 Å². The molecule has 2 rings (SSSR count). The molecule has 8 heteroatoms. The fraction of sp³-hybridized carbons (Fsp3) is 0.188. The summed E-state index contributed by atoms with van der Waals surface area (Å²) >= 11 is 9.32. The van der Waals surface area contributed by atoms with E-state index < -0.39 is 16.0 Å². The summed E-state index contributed by atoms with van der Waals surface area (Å²) in [5, 5.41) is 0.122. The minimum atomic E-state index is -3.60. The predicted octanol–water partition coefficient (Wildman–Crippen LogP) is 4.22. The van der Waals surface area contributed by atoms with Crippen LogP contribution in [0.25, 0.3) is 0 Å². The third-order valence-corrected chi connectivity index (χ3v) is 5.11. The Morgan fingerprint density at radius 2 is 1.88 bits per heavy atom. The van der Waals surface area contributed by atoms with E-state index in [1.54, 1.807) is 31.2 Å². The highest BCUT2D eigenvalue weighted by Crippen LogP contribution is 2.23. The maximum absolute atomic E-state index is 12.2. The molecule has 0 aliphatic rings. The van der Waals surface area contributed by atoms with Crippen LogP contribution in [-0.4, -0.2) is 21.0 Å². The Labute approximate surface area is 154 Å². The smallest absolute Gasteiger partial charge is 0.339 e. The highest BCUT2D eigenvalue weighted by atomic mass is 79.9. The van der Waals surface area contributed by atoms with Crippen molar-refractivity contribution in [2.45, 2.75) is 12.7 Å². The van der Waals surface area contributed by atoms with E-state index >= 15 is 0 Å². The van der Waals surface area contributed by atoms with Crippen LogP contribution in [0.4, 0.5) is 5.69 Å². The van der Waals surface area contributed by atoms with E-state index in [4.69, 9.17) is 16.3 Å². The van der Waals surface area contributed by atoms with Crippen molar-refractivity contribution in [1.82, 2.24) is 0 Å². The predicted molar refractivity (Wildman–Crippen MR) is 97.8 cm³/mol. The molecule has 0 aliphatic carbocycles. The molecule has 0 aromatic heterocycles. The summed E-state index contributed by atoms with van der Waals surface area (Å²) in [6.45, 7) is 1.92. The number of carbonyl (C=O) groups is 1. The Bertz CT molecular complexity index is 838. The van der Waals surface area contributed by atoms with E-state index in [2.05, 4.69) is 20.7 Å². The highest BCUT2D eigenvalue weighted by molar-refractivity contribution is 9.10. The van der Waals surface area contributed by atoms with Crippen LogP contribution in [0.2, 0.25) is 5.02 Å². The summed E-state index contributed by atoms with van der Waals surface area (Å²) in [6, 6.07) is 11.3. The van der Waals surface area contributed by atoms with Gasteiger partial charge in [-0.3, -0.25) is 4.72 Å². The van der Waals surface area contributed by atoms with Gasteiger partial charge in [0, 0.05) is 4.47 Å². The van der Waals surface area contributed by atoms with E-state index in [0.29, 0.717) is 5.56 Å². The van der Waals surface area contributed by atoms with Gasteiger partial charge in [0.25, 0.3) is 0 Å². The Hall–Kier alpha value is -1.57. The number of benzene rings is 2. The molecule has 0 bridgehead atoms. The second kappa shape index (κ2) is 8.00. The number of rotatable bonds is 6. The molecule has 0 heterocycles. The number of anilines is 1. The summed E-state index contributed by atoms with van der Waals surface area (Å²) in [6.07, 6.45) is 0. The lowest BCUT2D eigenvalue weighted by Gasteiger charge is -2.10. The molecule has 0 saturated heterocycles. The van der Waals surface area contributed by atoms with Gasteiger partial charge in [0.05, 0.1) is 28.6 Å². The van der Waals surface area contributed by atoms with E-state index in [0.717, 1.165) is 4.47 Å². The number of carbonyl (C=O) groups excluding carboxylic acids is 1. The summed E-state index contributed by atoms with van der Waals surface area (Å²) in [7, 11) is -3.60. The Kier molecular flexibility index (Phi) is 6.26. The van der Waals surface area contributed by atoms with Crippen LogP contribution >= 0.6 is 27.5 Å². The van der Waals surface area contributed by atoms with Crippen molar-refractivity contribution in [3.63, 3.8) is 0 Å². The average Bonchev–Trinajstić information content (AvgIpc) is 2.49. The molecule has 0 unspecified atom stereocenters. The topological polar surface area (TPSA) is 72.5 Å². The van der Waals surface area contributed by atoms with Crippen LogP contribution < -0.4 is 4.72 Å². The Morgan fingerprint density at radius 1 is 1.21 bits per heavy atom. The molecule has 24 heavy (non-hydrogen) atoms. The fourth-order valence-corrected chi connectivity index (χ4v) is 3.68. The third-order valence-electron chi connectivity index (χ3n) is 3.01. The molecule has 2 aromatic carbocycles. The minimum absolute atomic E-state index is 0.122. The number of esters is 1. The largest absolute Gasteiger partial charge is 0.462 e. The molecule has 0 saturated carbocycles. The van der Waals surface area contributed by atoms with Gasteiger partial charge in [0.2, 0.25) is 10.0 Å². The van der Waals surface area contributed by atoms with Crippen molar-refractivity contribution < 1.29 is 17.9 Å². The summed E-state index contributed by atoms with van der Waals surface area (Å²) in [5.74, 6) is -0.718. The lowest BCUT2D eigenvalue weighted by atomic mass is 10.2. The van der Waals surface area contributed by atoms with Gasteiger partial charge in [-0.15, -0.1) is 0 Å². The molecule has 2 aromatic rings. The lowest BCUT2D eigenvalue weighted by molar-refractivity contribution is 0.0526. The second-order valence-electron chi connectivity index (χ2n) is 4.90. The van der Waals surface area contributed by atoms with Gasteiger partial charge in [-0.05, 0) is 42.8 Å². The van der Waals surface area contributed by atoms with Crippen molar-refractivity contribution in [2.24, 2.45) is 0 Å². The zero-order valence-corrected chi connectivity index (χ0v) is 15.9. The molecule has 0 aliphatic heterocycles. The summed E-state index contributed by atoms with van der Waals surface area (Å²) in [4.78, 5) is 11.7. The van der Waals surface area contributed by atoms with Crippen LogP contribution in [0.15, 0.2) is 46.9 Å². The Morgan fingerprint density at radius 3 is 2.46 bits per heavy atom. The number of nitrogens with one attached hydrogen (secondary N) is 1. The number of ether oxygens (including phenoxy) is 1. The second-order valence-corrected chi connectivity index (χ2v) is 7.95. The first-order valence-electron chi connectivity index (χ1n) is 7.02. The quantitative estimate of drug-likeness (QED) is 0.694. The molecule has 0 atom stereocenters. The van der Waals surface area contributed by atoms with Crippen molar-refractivity contribution in [3.8, 4) is 0 Å². The van der Waals surface area contributed by atoms with Crippen molar-refractivity contribution in [3.05, 3.63) is 63.1 Å². The van der Waals surface area contributed by atoms with E-state index in [1.165, 1.54) is 18.2 Å². The molecular weight excluding hydrogens is 418 g/mol. The van der Waals surface area contributed by atoms with Gasteiger partial charge < -0.3 is 4.74 Å². The SMILES string of the molecule is CCOC(=O)c1ccc(NS(=O)(=O)Cc2ccc(Br)cc2)cc1Cl. The zero-order valence-electron chi connectivity index (χ0n) is 12.8. The first-order chi connectivity index (χ1) is 11.3. The van der Waals surface area contributed by atoms with Gasteiger partial charge in [-0.1, -0.05) is 39.7 Å². The van der Waals surface area contributed by atoms with Gasteiger partial charge >= 0.3 is 5.97 Å². The number of halogens is 2. The number of hydrogen-bond donors (Lipinski definition) is 1. The summed E-state index contributed by atoms with van der Waals surface area (Å²) in [5.41, 5.74) is 1.12. The van der Waals surface area contributed by atoms with Crippen LogP contribution in [0.5, 0.6) is 0 Å². The molecule has 0 spiro atoms. The van der Waals surface area contributed by atoms with Crippen molar-refractivity contribution >= 4 is 49.2 Å². The first kappa shape index (κ1) is 18.8. The standard InChI is InChI=1S/C16H15BrClNO4S/c1-2-23-16(20)14-8-7-13(9-15(14)18)19-24(21,22)10-11-3-5-12(17)6-4-11/h3-9,19H,2,10H2,1H3. The third kappa shape index (κ3) is 5.22. The highest BCUT2D eigenvalue weighted by Gasteiger charge is 2.15. The molecule has 0 radical (unpaired) electrons. The average molecular weight is 433 g/mol. The van der Waals surface area contributed by atoms with Gasteiger partial charge in [-0.2, -0.15) is 0 Å². The van der Waals surface area contributed by atoms with Crippen LogP contribution in [0.1, 0.15) is 22.8 Å². The molecule has 5 nitrogen and oxygen atoms in total. The molecule has 1 N–H and O–H groups in total. The van der Waals surface area contributed by atoms with Crippen LogP contribution in [0.3, 0.4) is 0 Å². The van der Waals surface area contributed by atoms with E-state index in [9.17, 15) is 13.2 Å². The number of hydrogen-bond acceptors (Lipinski definition) is 4. The molecule has 128 valence electrons. The van der Waals surface area contributed by atoms with E-state index in [1.807, 2.05) is 0 Å². The van der Waals surface area contributed by atoms with Crippen molar-refractivity contribution in [1.29, 1.82) is 0 Å².